The predicted octanol–water partition coefficient (Wildman–Crippen LogP) is 0.196. The summed E-state index contributed by atoms with van der Waals surface area (Å²) in [5.74, 6) is -1.05. The van der Waals surface area contributed by atoms with Gasteiger partial charge in [-0.25, -0.2) is 0 Å². The first-order chi connectivity index (χ1) is 9.84. The number of hydrogen-bond donors (Lipinski definition) is 1. The molecule has 2 unspecified atom stereocenters. The smallest absolute Gasteiger partial charge is 0.322 e. The van der Waals surface area contributed by atoms with Crippen LogP contribution in [0, 0.1) is 0 Å². The summed E-state index contributed by atoms with van der Waals surface area (Å²) in [5.41, 5.74) is 0. The number of aliphatic carboxylic acids is 1. The highest BCUT2D eigenvalue weighted by atomic mass is 32.2. The van der Waals surface area contributed by atoms with Gasteiger partial charge in [0.25, 0.3) is 10.2 Å². The lowest BCUT2D eigenvalue weighted by atomic mass is 10.1. The van der Waals surface area contributed by atoms with Gasteiger partial charge in [0.15, 0.2) is 0 Å². The molecule has 0 aliphatic carbocycles. The molecule has 0 spiro atoms. The molecule has 0 radical (unpaired) electrons. The Balaban J connectivity index is 2.17. The summed E-state index contributed by atoms with van der Waals surface area (Å²) in [5, 5.41) is 9.27. The van der Waals surface area contributed by atoms with E-state index in [1.165, 1.54) is 8.61 Å². The van der Waals surface area contributed by atoms with Crippen molar-refractivity contribution in [2.45, 2.75) is 44.2 Å². The van der Waals surface area contributed by atoms with Gasteiger partial charge >= 0.3 is 5.97 Å². The van der Waals surface area contributed by atoms with E-state index in [0.29, 0.717) is 19.5 Å². The second kappa shape index (κ2) is 6.60. The molecule has 2 saturated heterocycles. The van der Waals surface area contributed by atoms with Crippen LogP contribution in [0.4, 0.5) is 0 Å². The number of rotatable bonds is 4. The van der Waals surface area contributed by atoms with E-state index in [9.17, 15) is 18.3 Å². The molecule has 21 heavy (non-hydrogen) atoms. The van der Waals surface area contributed by atoms with E-state index in [2.05, 4.69) is 4.90 Å². The van der Waals surface area contributed by atoms with Gasteiger partial charge in [0, 0.05) is 26.2 Å². The van der Waals surface area contributed by atoms with E-state index in [1.54, 1.807) is 7.05 Å². The molecule has 0 bridgehead atoms. The first-order valence-corrected chi connectivity index (χ1v) is 8.90. The minimum Gasteiger partial charge on any atom is -0.480 e. The molecule has 8 heteroatoms. The van der Waals surface area contributed by atoms with Gasteiger partial charge in [-0.1, -0.05) is 0 Å². The van der Waals surface area contributed by atoms with Gasteiger partial charge in [-0.15, -0.1) is 0 Å². The number of nitrogens with zero attached hydrogens (tertiary/aromatic N) is 3. The maximum absolute atomic E-state index is 12.8. The fourth-order valence-corrected chi connectivity index (χ4v) is 4.97. The molecule has 0 saturated carbocycles. The Labute approximate surface area is 126 Å². The molecule has 2 rings (SSSR count). The van der Waals surface area contributed by atoms with Crippen molar-refractivity contribution in [3.05, 3.63) is 0 Å². The molecule has 7 nitrogen and oxygen atoms in total. The Morgan fingerprint density at radius 2 is 1.90 bits per heavy atom. The van der Waals surface area contributed by atoms with Crippen molar-refractivity contribution in [2.24, 2.45) is 0 Å². The summed E-state index contributed by atoms with van der Waals surface area (Å²) in [6.45, 7) is 1.97. The summed E-state index contributed by atoms with van der Waals surface area (Å²) in [6, 6.07) is -1.00. The Hall–Kier alpha value is -0.700. The van der Waals surface area contributed by atoms with Crippen LogP contribution in [-0.4, -0.2) is 78.8 Å². The lowest BCUT2D eigenvalue weighted by molar-refractivity contribution is -0.142. The third kappa shape index (κ3) is 3.56. The van der Waals surface area contributed by atoms with Gasteiger partial charge in [0.05, 0.1) is 0 Å². The van der Waals surface area contributed by atoms with Gasteiger partial charge in [-0.05, 0) is 45.7 Å². The Morgan fingerprint density at radius 1 is 1.19 bits per heavy atom. The van der Waals surface area contributed by atoms with E-state index in [0.717, 1.165) is 32.2 Å². The van der Waals surface area contributed by atoms with Gasteiger partial charge in [-0.2, -0.15) is 17.0 Å². The zero-order valence-corrected chi connectivity index (χ0v) is 13.5. The third-order valence-electron chi connectivity index (χ3n) is 4.51. The zero-order chi connectivity index (χ0) is 15.6. The van der Waals surface area contributed by atoms with Crippen molar-refractivity contribution >= 4 is 16.2 Å². The summed E-state index contributed by atoms with van der Waals surface area (Å²) in [6.07, 6.45) is 3.67. The lowest BCUT2D eigenvalue weighted by Gasteiger charge is -2.40. The van der Waals surface area contributed by atoms with E-state index < -0.39 is 22.2 Å². The number of carboxylic acids is 1. The number of piperidine rings is 2. The molecule has 2 heterocycles. The molecule has 1 N–H and O–H groups in total. The summed E-state index contributed by atoms with van der Waals surface area (Å²) < 4.78 is 28.1. The molecule has 0 amide bonds. The highest BCUT2D eigenvalue weighted by Gasteiger charge is 2.41. The van der Waals surface area contributed by atoms with E-state index in [4.69, 9.17) is 0 Å². The van der Waals surface area contributed by atoms with Crippen molar-refractivity contribution in [1.82, 2.24) is 13.5 Å². The van der Waals surface area contributed by atoms with Crippen LogP contribution in [0.25, 0.3) is 0 Å². The van der Waals surface area contributed by atoms with Crippen LogP contribution in [0.15, 0.2) is 0 Å². The molecule has 0 aromatic carbocycles. The number of carboxylic acid groups (broad SMARTS) is 1. The molecule has 2 aliphatic heterocycles. The fraction of sp³-hybridized carbons (Fsp3) is 0.923. The highest BCUT2D eigenvalue weighted by Crippen LogP contribution is 2.25. The second-order valence-corrected chi connectivity index (χ2v) is 7.98. The zero-order valence-electron chi connectivity index (χ0n) is 12.7. The van der Waals surface area contributed by atoms with Crippen LogP contribution in [0.5, 0.6) is 0 Å². The Kier molecular flexibility index (Phi) is 5.24. The van der Waals surface area contributed by atoms with Gasteiger partial charge in [0.2, 0.25) is 0 Å². The molecule has 2 atom stereocenters. The van der Waals surface area contributed by atoms with Gasteiger partial charge < -0.3 is 10.0 Å². The number of likely N-dealkylation sites (N-methyl/N-ethyl adjacent to an activating group) is 2. The summed E-state index contributed by atoms with van der Waals surface area (Å²) in [4.78, 5) is 13.4. The standard InChI is InChI=1S/C13H25N3O4S/c1-14-8-5-6-11(10-14)15(2)21(19,20)16-9-4-3-7-12(16)13(17)18/h11-12H,3-10H2,1-2H3,(H,17,18). The van der Waals surface area contributed by atoms with Gasteiger partial charge in [0.1, 0.15) is 6.04 Å². The van der Waals surface area contributed by atoms with Crippen LogP contribution in [0.1, 0.15) is 32.1 Å². The topological polar surface area (TPSA) is 81.2 Å². The molecular formula is C13H25N3O4S. The molecule has 122 valence electrons. The molecule has 2 fully saturated rings. The lowest BCUT2D eigenvalue weighted by Crippen LogP contribution is -2.56. The summed E-state index contributed by atoms with van der Waals surface area (Å²) >= 11 is 0. The average molecular weight is 319 g/mol. The van der Waals surface area contributed by atoms with Crippen molar-refractivity contribution in [3.8, 4) is 0 Å². The first-order valence-electron chi connectivity index (χ1n) is 7.50. The first kappa shape index (κ1) is 16.7. The number of hydrogen-bond acceptors (Lipinski definition) is 4. The number of carbonyl (C=O) groups is 1. The van der Waals surface area contributed by atoms with E-state index in [-0.39, 0.29) is 6.04 Å². The fourth-order valence-electron chi connectivity index (χ4n) is 3.22. The Bertz CT molecular complexity index is 482. The van der Waals surface area contributed by atoms with Crippen molar-refractivity contribution in [3.63, 3.8) is 0 Å². The van der Waals surface area contributed by atoms with Crippen LogP contribution in [-0.2, 0) is 15.0 Å². The van der Waals surface area contributed by atoms with Crippen LogP contribution < -0.4 is 0 Å². The maximum atomic E-state index is 12.8. The average Bonchev–Trinajstić information content (AvgIpc) is 2.46. The molecular weight excluding hydrogens is 294 g/mol. The maximum Gasteiger partial charge on any atom is 0.322 e. The largest absolute Gasteiger partial charge is 0.480 e. The monoisotopic (exact) mass is 319 g/mol. The molecule has 0 aromatic heterocycles. The quantitative estimate of drug-likeness (QED) is 0.800. The Morgan fingerprint density at radius 3 is 2.52 bits per heavy atom. The minimum atomic E-state index is -3.72. The minimum absolute atomic E-state index is 0.0786. The van der Waals surface area contributed by atoms with Crippen LogP contribution in [0.2, 0.25) is 0 Å². The highest BCUT2D eigenvalue weighted by molar-refractivity contribution is 7.86. The summed E-state index contributed by atoms with van der Waals surface area (Å²) in [7, 11) is -0.164. The SMILES string of the molecule is CN1CCCC(N(C)S(=O)(=O)N2CCCCC2C(=O)O)C1. The molecule has 0 aromatic rings. The normalized spacial score (nSPS) is 29.7. The van der Waals surface area contributed by atoms with Crippen molar-refractivity contribution < 1.29 is 18.3 Å². The number of likely N-dealkylation sites (tertiary alicyclic amines) is 1. The van der Waals surface area contributed by atoms with Crippen LogP contribution >= 0.6 is 0 Å². The van der Waals surface area contributed by atoms with E-state index >= 15 is 0 Å². The second-order valence-electron chi connectivity index (χ2n) is 6.04. The van der Waals surface area contributed by atoms with Gasteiger partial charge in [-0.3, -0.25) is 4.79 Å². The molecule has 2 aliphatic rings. The predicted molar refractivity (Wildman–Crippen MR) is 79.2 cm³/mol. The van der Waals surface area contributed by atoms with Crippen molar-refractivity contribution in [1.29, 1.82) is 0 Å². The van der Waals surface area contributed by atoms with Crippen molar-refractivity contribution in [2.75, 3.05) is 33.7 Å². The van der Waals surface area contributed by atoms with Crippen LogP contribution in [0.3, 0.4) is 0 Å². The van der Waals surface area contributed by atoms with E-state index in [1.807, 2.05) is 7.05 Å². The third-order valence-corrected chi connectivity index (χ3v) is 6.57.